The number of aliphatic hydroxyl groups is 1. The highest BCUT2D eigenvalue weighted by atomic mass is 35.5. The van der Waals surface area contributed by atoms with E-state index in [9.17, 15) is 18.7 Å². The third kappa shape index (κ3) is 4.16. The van der Waals surface area contributed by atoms with Gasteiger partial charge in [0, 0.05) is 28.9 Å². The molecule has 0 aliphatic rings. The van der Waals surface area contributed by atoms with Crippen molar-refractivity contribution in [3.63, 3.8) is 0 Å². The van der Waals surface area contributed by atoms with Crippen LogP contribution < -0.4 is 10.6 Å². The van der Waals surface area contributed by atoms with E-state index in [2.05, 4.69) is 10.6 Å². The van der Waals surface area contributed by atoms with Crippen LogP contribution in [0.1, 0.15) is 11.7 Å². The zero-order valence-corrected chi connectivity index (χ0v) is 12.1. The summed E-state index contributed by atoms with van der Waals surface area (Å²) >= 11 is 5.93. The highest BCUT2D eigenvalue weighted by molar-refractivity contribution is 6.31. The molecule has 0 fully saturated rings. The summed E-state index contributed by atoms with van der Waals surface area (Å²) in [6, 6.07) is 9.04. The van der Waals surface area contributed by atoms with Crippen molar-refractivity contribution in [1.82, 2.24) is 5.32 Å². The Bertz CT molecular complexity index is 682. The standard InChI is InChI=1S/C15H13ClF2N2O2/c16-11-4-2-1-3-10(11)14(21)8-19-15(22)20-9-5-6-12(17)13(18)7-9/h1-7,14,21H,8H2,(H2,19,20,22). The minimum Gasteiger partial charge on any atom is -0.387 e. The molecule has 7 heteroatoms. The highest BCUT2D eigenvalue weighted by Crippen LogP contribution is 2.21. The number of aliphatic hydroxyl groups excluding tert-OH is 1. The fourth-order valence-corrected chi connectivity index (χ4v) is 2.06. The minimum atomic E-state index is -1.06. The van der Waals surface area contributed by atoms with Gasteiger partial charge in [-0.25, -0.2) is 13.6 Å². The molecule has 0 saturated carbocycles. The first kappa shape index (κ1) is 16.2. The lowest BCUT2D eigenvalue weighted by Crippen LogP contribution is -2.32. The topological polar surface area (TPSA) is 61.4 Å². The summed E-state index contributed by atoms with van der Waals surface area (Å²) in [6.07, 6.45) is -0.982. The molecule has 0 saturated heterocycles. The molecule has 2 amide bonds. The van der Waals surface area contributed by atoms with Gasteiger partial charge in [-0.15, -0.1) is 0 Å². The lowest BCUT2D eigenvalue weighted by molar-refractivity contribution is 0.175. The van der Waals surface area contributed by atoms with Crippen LogP contribution in [-0.2, 0) is 0 Å². The summed E-state index contributed by atoms with van der Waals surface area (Å²) in [4.78, 5) is 11.6. The Morgan fingerprint density at radius 2 is 1.91 bits per heavy atom. The van der Waals surface area contributed by atoms with E-state index in [4.69, 9.17) is 11.6 Å². The third-order valence-corrected chi connectivity index (χ3v) is 3.24. The van der Waals surface area contributed by atoms with Gasteiger partial charge in [-0.3, -0.25) is 0 Å². The number of halogens is 3. The first-order chi connectivity index (χ1) is 10.5. The lowest BCUT2D eigenvalue weighted by Gasteiger charge is -2.14. The fourth-order valence-electron chi connectivity index (χ4n) is 1.79. The molecular formula is C15H13ClF2N2O2. The summed E-state index contributed by atoms with van der Waals surface area (Å²) in [7, 11) is 0. The summed E-state index contributed by atoms with van der Waals surface area (Å²) in [6.45, 7) is -0.0841. The van der Waals surface area contributed by atoms with Crippen LogP contribution in [0.5, 0.6) is 0 Å². The van der Waals surface area contributed by atoms with Gasteiger partial charge >= 0.3 is 6.03 Å². The Balaban J connectivity index is 1.90. The smallest absolute Gasteiger partial charge is 0.319 e. The van der Waals surface area contributed by atoms with E-state index in [1.165, 1.54) is 6.07 Å². The molecule has 0 aliphatic carbocycles. The number of amides is 2. The SMILES string of the molecule is O=C(NCC(O)c1ccccc1Cl)Nc1ccc(F)c(F)c1. The van der Waals surface area contributed by atoms with Gasteiger partial charge in [-0.2, -0.15) is 0 Å². The number of anilines is 1. The van der Waals surface area contributed by atoms with E-state index in [-0.39, 0.29) is 12.2 Å². The van der Waals surface area contributed by atoms with Crippen molar-refractivity contribution < 1.29 is 18.7 Å². The number of hydrogen-bond acceptors (Lipinski definition) is 2. The monoisotopic (exact) mass is 326 g/mol. The van der Waals surface area contributed by atoms with Crippen molar-refractivity contribution >= 4 is 23.3 Å². The van der Waals surface area contributed by atoms with Crippen molar-refractivity contribution in [2.45, 2.75) is 6.10 Å². The van der Waals surface area contributed by atoms with Crippen LogP contribution in [0, 0.1) is 11.6 Å². The number of benzene rings is 2. The zero-order valence-electron chi connectivity index (χ0n) is 11.3. The molecule has 116 valence electrons. The molecule has 0 aliphatic heterocycles. The van der Waals surface area contributed by atoms with E-state index < -0.39 is 23.8 Å². The van der Waals surface area contributed by atoms with E-state index in [1.54, 1.807) is 24.3 Å². The van der Waals surface area contributed by atoms with Gasteiger partial charge in [-0.1, -0.05) is 29.8 Å². The Morgan fingerprint density at radius 3 is 2.59 bits per heavy atom. The van der Waals surface area contributed by atoms with E-state index in [0.29, 0.717) is 10.6 Å². The molecule has 1 atom stereocenters. The van der Waals surface area contributed by atoms with Crippen LogP contribution in [0.15, 0.2) is 42.5 Å². The van der Waals surface area contributed by atoms with Gasteiger partial charge in [-0.05, 0) is 18.2 Å². The third-order valence-electron chi connectivity index (χ3n) is 2.90. The number of urea groups is 1. The molecule has 0 radical (unpaired) electrons. The van der Waals surface area contributed by atoms with Gasteiger partial charge in [0.2, 0.25) is 0 Å². The average Bonchev–Trinajstić information content (AvgIpc) is 2.49. The maximum Gasteiger partial charge on any atom is 0.319 e. The van der Waals surface area contributed by atoms with Gasteiger partial charge in [0.25, 0.3) is 0 Å². The predicted octanol–water partition coefficient (Wildman–Crippen LogP) is 3.47. The minimum absolute atomic E-state index is 0.0841. The van der Waals surface area contributed by atoms with Crippen molar-refractivity contribution in [3.8, 4) is 0 Å². The predicted molar refractivity (Wildman–Crippen MR) is 79.8 cm³/mol. The molecule has 0 aromatic heterocycles. The van der Waals surface area contributed by atoms with Crippen molar-refractivity contribution in [2.75, 3.05) is 11.9 Å². The molecule has 4 nitrogen and oxygen atoms in total. The molecule has 2 aromatic carbocycles. The van der Waals surface area contributed by atoms with Gasteiger partial charge < -0.3 is 15.7 Å². The summed E-state index contributed by atoms with van der Waals surface area (Å²) in [5.41, 5.74) is 0.584. The molecule has 0 bridgehead atoms. The lowest BCUT2D eigenvalue weighted by atomic mass is 10.1. The van der Waals surface area contributed by atoms with E-state index in [1.807, 2.05) is 0 Å². The molecule has 2 aromatic rings. The number of rotatable bonds is 4. The first-order valence-electron chi connectivity index (χ1n) is 6.40. The van der Waals surface area contributed by atoms with E-state index in [0.717, 1.165) is 12.1 Å². The molecule has 3 N–H and O–H groups in total. The second-order valence-corrected chi connectivity index (χ2v) is 4.91. The fraction of sp³-hybridized carbons (Fsp3) is 0.133. The Hall–Kier alpha value is -2.18. The number of hydrogen-bond donors (Lipinski definition) is 3. The van der Waals surface area contributed by atoms with Crippen LogP contribution in [0.2, 0.25) is 5.02 Å². The number of carbonyl (C=O) groups is 1. The molecule has 0 spiro atoms. The van der Waals surface area contributed by atoms with Crippen LogP contribution in [-0.4, -0.2) is 17.7 Å². The van der Waals surface area contributed by atoms with Crippen LogP contribution in [0.3, 0.4) is 0 Å². The molecule has 0 heterocycles. The first-order valence-corrected chi connectivity index (χ1v) is 6.77. The molecular weight excluding hydrogens is 314 g/mol. The number of nitrogens with one attached hydrogen (secondary N) is 2. The van der Waals surface area contributed by atoms with Gasteiger partial charge in [0.15, 0.2) is 11.6 Å². The van der Waals surface area contributed by atoms with Crippen LogP contribution in [0.4, 0.5) is 19.3 Å². The second kappa shape index (κ2) is 7.20. The maximum absolute atomic E-state index is 13.0. The summed E-state index contributed by atoms with van der Waals surface area (Å²) in [5.74, 6) is -2.06. The highest BCUT2D eigenvalue weighted by Gasteiger charge is 2.12. The average molecular weight is 327 g/mol. The Morgan fingerprint density at radius 1 is 1.18 bits per heavy atom. The van der Waals surface area contributed by atoms with Crippen molar-refractivity contribution in [1.29, 1.82) is 0 Å². The van der Waals surface area contributed by atoms with E-state index >= 15 is 0 Å². The van der Waals surface area contributed by atoms with Gasteiger partial charge in [0.05, 0.1) is 6.10 Å². The number of carbonyl (C=O) groups excluding carboxylic acids is 1. The molecule has 1 unspecified atom stereocenters. The summed E-state index contributed by atoms with van der Waals surface area (Å²) in [5, 5.41) is 15.1. The van der Waals surface area contributed by atoms with Crippen molar-refractivity contribution in [3.05, 3.63) is 64.7 Å². The maximum atomic E-state index is 13.0. The van der Waals surface area contributed by atoms with Crippen LogP contribution >= 0.6 is 11.6 Å². The second-order valence-electron chi connectivity index (χ2n) is 4.50. The quantitative estimate of drug-likeness (QED) is 0.805. The Labute approximate surface area is 130 Å². The molecule has 2 rings (SSSR count). The zero-order chi connectivity index (χ0) is 16.1. The summed E-state index contributed by atoms with van der Waals surface area (Å²) < 4.78 is 25.8. The largest absolute Gasteiger partial charge is 0.387 e. The van der Waals surface area contributed by atoms with Gasteiger partial charge in [0.1, 0.15) is 0 Å². The van der Waals surface area contributed by atoms with Crippen LogP contribution in [0.25, 0.3) is 0 Å². The van der Waals surface area contributed by atoms with Crippen molar-refractivity contribution in [2.24, 2.45) is 0 Å². The Kier molecular flexibility index (Phi) is 5.30. The normalized spacial score (nSPS) is 11.8. The molecule has 22 heavy (non-hydrogen) atoms.